The Morgan fingerprint density at radius 2 is 2.20 bits per heavy atom. The van der Waals surface area contributed by atoms with Gasteiger partial charge in [-0.15, -0.1) is 10.2 Å². The molecule has 1 fully saturated rings. The smallest absolute Gasteiger partial charge is 0.272 e. The molecule has 0 saturated carbocycles. The van der Waals surface area contributed by atoms with Gasteiger partial charge in [-0.3, -0.25) is 14.2 Å². The van der Waals surface area contributed by atoms with Gasteiger partial charge < -0.3 is 4.90 Å². The Morgan fingerprint density at radius 3 is 3.08 bits per heavy atom. The maximum absolute atomic E-state index is 12.8. The molecule has 1 saturated heterocycles. The summed E-state index contributed by atoms with van der Waals surface area (Å²) in [5, 5.41) is 17.5. The first-order valence-corrected chi connectivity index (χ1v) is 8.21. The van der Waals surface area contributed by atoms with E-state index in [-0.39, 0.29) is 11.8 Å². The van der Waals surface area contributed by atoms with Crippen LogP contribution in [0.1, 0.15) is 40.6 Å². The fourth-order valence-electron chi connectivity index (χ4n) is 3.29. The van der Waals surface area contributed by atoms with Crippen LogP contribution in [0.25, 0.3) is 5.65 Å². The van der Waals surface area contributed by atoms with Crippen LogP contribution in [0.15, 0.2) is 42.7 Å². The van der Waals surface area contributed by atoms with Gasteiger partial charge in [0, 0.05) is 31.4 Å². The highest BCUT2D eigenvalue weighted by molar-refractivity contribution is 5.92. The van der Waals surface area contributed by atoms with Crippen molar-refractivity contribution in [2.24, 2.45) is 0 Å². The van der Waals surface area contributed by atoms with E-state index < -0.39 is 0 Å². The van der Waals surface area contributed by atoms with Gasteiger partial charge in [0.1, 0.15) is 11.5 Å². The second-order valence-electron chi connectivity index (χ2n) is 6.12. The van der Waals surface area contributed by atoms with Crippen LogP contribution in [0.4, 0.5) is 0 Å². The number of nitrogens with zero attached hydrogens (tertiary/aromatic N) is 6. The van der Waals surface area contributed by atoms with Crippen LogP contribution in [-0.2, 0) is 0 Å². The first-order chi connectivity index (χ1) is 12.3. The number of hydrogen-bond acceptors (Lipinski definition) is 5. The summed E-state index contributed by atoms with van der Waals surface area (Å²) >= 11 is 0. The van der Waals surface area contributed by atoms with Gasteiger partial charge in [-0.25, -0.2) is 0 Å². The number of fused-ring (bicyclic) bond motifs is 1. The van der Waals surface area contributed by atoms with E-state index in [2.05, 4.69) is 15.2 Å². The third-order valence-corrected chi connectivity index (χ3v) is 4.52. The predicted octanol–water partition coefficient (Wildman–Crippen LogP) is 2.02. The van der Waals surface area contributed by atoms with E-state index in [1.54, 1.807) is 17.0 Å². The Morgan fingerprint density at radius 1 is 1.28 bits per heavy atom. The SMILES string of the molecule is N#Cc1ccnc(C(=O)N2CCC[C@@H](c3nnc4ccccn34)C2)c1. The molecule has 1 aliphatic heterocycles. The number of hydrogen-bond donors (Lipinski definition) is 0. The Balaban J connectivity index is 1.58. The minimum Gasteiger partial charge on any atom is -0.337 e. The molecule has 4 heterocycles. The summed E-state index contributed by atoms with van der Waals surface area (Å²) in [4.78, 5) is 18.7. The molecule has 3 aromatic rings. The number of pyridine rings is 2. The molecule has 7 nitrogen and oxygen atoms in total. The van der Waals surface area contributed by atoms with Gasteiger partial charge in [-0.05, 0) is 37.1 Å². The minimum absolute atomic E-state index is 0.134. The molecule has 25 heavy (non-hydrogen) atoms. The van der Waals surface area contributed by atoms with Crippen molar-refractivity contribution < 1.29 is 4.79 Å². The van der Waals surface area contributed by atoms with Crippen molar-refractivity contribution in [2.45, 2.75) is 18.8 Å². The van der Waals surface area contributed by atoms with Crippen molar-refractivity contribution >= 4 is 11.6 Å². The summed E-state index contributed by atoms with van der Waals surface area (Å²) < 4.78 is 1.98. The first kappa shape index (κ1) is 15.3. The number of piperidine rings is 1. The Kier molecular flexibility index (Phi) is 3.86. The van der Waals surface area contributed by atoms with Crippen molar-refractivity contribution in [3.8, 4) is 6.07 Å². The molecule has 0 bridgehead atoms. The van der Waals surface area contributed by atoms with E-state index in [1.165, 1.54) is 6.20 Å². The highest BCUT2D eigenvalue weighted by Gasteiger charge is 2.29. The Bertz CT molecular complexity index is 973. The number of carbonyl (C=O) groups excluding carboxylic acids is 1. The van der Waals surface area contributed by atoms with Crippen LogP contribution in [0.5, 0.6) is 0 Å². The molecule has 1 aliphatic rings. The van der Waals surface area contributed by atoms with Crippen LogP contribution >= 0.6 is 0 Å². The van der Waals surface area contributed by atoms with E-state index in [1.807, 2.05) is 34.9 Å². The number of amides is 1. The van der Waals surface area contributed by atoms with Gasteiger partial charge in [0.2, 0.25) is 0 Å². The van der Waals surface area contributed by atoms with Crippen molar-refractivity contribution in [1.29, 1.82) is 5.26 Å². The zero-order chi connectivity index (χ0) is 17.2. The van der Waals surface area contributed by atoms with E-state index >= 15 is 0 Å². The van der Waals surface area contributed by atoms with Gasteiger partial charge in [0.15, 0.2) is 5.65 Å². The Labute approximate surface area is 144 Å². The zero-order valence-electron chi connectivity index (χ0n) is 13.5. The largest absolute Gasteiger partial charge is 0.337 e. The molecular formula is C18H16N6O. The summed E-state index contributed by atoms with van der Waals surface area (Å²) in [6.45, 7) is 1.26. The number of likely N-dealkylation sites (tertiary alicyclic amines) is 1. The van der Waals surface area contributed by atoms with Gasteiger partial charge >= 0.3 is 0 Å². The Hall–Kier alpha value is -3.27. The summed E-state index contributed by atoms with van der Waals surface area (Å²) in [6, 6.07) is 11.0. The van der Waals surface area contributed by atoms with Crippen LogP contribution < -0.4 is 0 Å². The predicted molar refractivity (Wildman–Crippen MR) is 89.8 cm³/mol. The lowest BCUT2D eigenvalue weighted by molar-refractivity contribution is 0.0698. The topological polar surface area (TPSA) is 87.2 Å². The summed E-state index contributed by atoms with van der Waals surface area (Å²) in [5.41, 5.74) is 1.56. The van der Waals surface area contributed by atoms with Crippen LogP contribution in [0, 0.1) is 11.3 Å². The third kappa shape index (κ3) is 2.83. The molecule has 7 heteroatoms. The highest BCUT2D eigenvalue weighted by Crippen LogP contribution is 2.26. The molecule has 0 spiro atoms. The number of rotatable bonds is 2. The van der Waals surface area contributed by atoms with Crippen LogP contribution in [0.2, 0.25) is 0 Å². The maximum Gasteiger partial charge on any atom is 0.272 e. The molecule has 0 aromatic carbocycles. The first-order valence-electron chi connectivity index (χ1n) is 8.21. The molecule has 0 radical (unpaired) electrons. The number of nitriles is 1. The normalized spacial score (nSPS) is 17.4. The molecule has 1 atom stereocenters. The minimum atomic E-state index is -0.143. The molecule has 124 valence electrons. The third-order valence-electron chi connectivity index (χ3n) is 4.52. The molecule has 0 unspecified atom stereocenters. The lowest BCUT2D eigenvalue weighted by Gasteiger charge is -2.31. The lowest BCUT2D eigenvalue weighted by Crippen LogP contribution is -2.40. The molecule has 1 amide bonds. The quantitative estimate of drug-likeness (QED) is 0.716. The fourth-order valence-corrected chi connectivity index (χ4v) is 3.29. The average molecular weight is 332 g/mol. The monoisotopic (exact) mass is 332 g/mol. The van der Waals surface area contributed by atoms with Gasteiger partial charge in [-0.1, -0.05) is 6.07 Å². The van der Waals surface area contributed by atoms with Crippen LogP contribution in [0.3, 0.4) is 0 Å². The number of carbonyl (C=O) groups is 1. The van der Waals surface area contributed by atoms with Crippen molar-refractivity contribution in [1.82, 2.24) is 24.5 Å². The van der Waals surface area contributed by atoms with Gasteiger partial charge in [-0.2, -0.15) is 5.26 Å². The zero-order valence-corrected chi connectivity index (χ0v) is 13.5. The molecular weight excluding hydrogens is 316 g/mol. The second kappa shape index (κ2) is 6.32. The summed E-state index contributed by atoms with van der Waals surface area (Å²) in [5.74, 6) is 0.872. The van der Waals surface area contributed by atoms with Gasteiger partial charge in [0.25, 0.3) is 5.91 Å². The molecule has 4 rings (SSSR count). The summed E-state index contributed by atoms with van der Waals surface area (Å²) in [7, 11) is 0. The van der Waals surface area contributed by atoms with E-state index in [4.69, 9.17) is 5.26 Å². The van der Waals surface area contributed by atoms with E-state index in [0.29, 0.717) is 24.3 Å². The van der Waals surface area contributed by atoms with Crippen molar-refractivity contribution in [2.75, 3.05) is 13.1 Å². The number of aromatic nitrogens is 4. The van der Waals surface area contributed by atoms with Crippen molar-refractivity contribution in [3.05, 3.63) is 59.8 Å². The second-order valence-corrected chi connectivity index (χ2v) is 6.12. The highest BCUT2D eigenvalue weighted by atomic mass is 16.2. The lowest BCUT2D eigenvalue weighted by atomic mass is 9.97. The van der Waals surface area contributed by atoms with E-state index in [0.717, 1.165) is 24.3 Å². The molecule has 0 N–H and O–H groups in total. The maximum atomic E-state index is 12.8. The fraction of sp³-hybridized carbons (Fsp3) is 0.278. The van der Waals surface area contributed by atoms with Gasteiger partial charge in [0.05, 0.1) is 11.6 Å². The standard InChI is InChI=1S/C18H16N6O/c19-11-13-6-7-20-15(10-13)18(25)23-8-3-4-14(12-23)17-22-21-16-5-1-2-9-24(16)17/h1-2,5-7,9-10,14H,3-4,8,12H2/t14-/m1/s1. The average Bonchev–Trinajstić information content (AvgIpc) is 3.12. The summed E-state index contributed by atoms with van der Waals surface area (Å²) in [6.07, 6.45) is 5.31. The van der Waals surface area contributed by atoms with Crippen LogP contribution in [-0.4, -0.2) is 43.5 Å². The molecule has 0 aliphatic carbocycles. The van der Waals surface area contributed by atoms with E-state index in [9.17, 15) is 4.79 Å². The van der Waals surface area contributed by atoms with Crippen molar-refractivity contribution in [3.63, 3.8) is 0 Å². The molecule has 3 aromatic heterocycles.